The summed E-state index contributed by atoms with van der Waals surface area (Å²) >= 11 is 1.79. The van der Waals surface area contributed by atoms with Crippen molar-refractivity contribution in [3.8, 4) is 0 Å². The van der Waals surface area contributed by atoms with E-state index in [9.17, 15) is 8.42 Å². The lowest BCUT2D eigenvalue weighted by Crippen LogP contribution is -2.30. The molecule has 1 aliphatic heterocycles. The minimum absolute atomic E-state index is 0.0389. The Bertz CT molecular complexity index is 466. The highest BCUT2D eigenvalue weighted by molar-refractivity contribution is 8.00. The number of sulfonamides is 1. The van der Waals surface area contributed by atoms with Crippen LogP contribution in [0, 0.1) is 0 Å². The van der Waals surface area contributed by atoms with Gasteiger partial charge in [-0.1, -0.05) is 0 Å². The van der Waals surface area contributed by atoms with Crippen LogP contribution >= 0.6 is 11.8 Å². The molecule has 0 radical (unpaired) electrons. The smallest absolute Gasteiger partial charge is 0.257 e. The van der Waals surface area contributed by atoms with Gasteiger partial charge in [0.25, 0.3) is 10.0 Å². The van der Waals surface area contributed by atoms with Crippen molar-refractivity contribution in [3.63, 3.8) is 0 Å². The zero-order chi connectivity index (χ0) is 12.3. The summed E-state index contributed by atoms with van der Waals surface area (Å²) in [6, 6.07) is 0. The monoisotopic (exact) mass is 277 g/mol. The van der Waals surface area contributed by atoms with Crippen LogP contribution in [0.5, 0.6) is 0 Å². The molecular formula is C9H15N3O3S2. The SMILES string of the molecule is O=S(=O)(NCC1CCCS1)c1[nH]ncc1CO. The minimum Gasteiger partial charge on any atom is -0.392 e. The molecule has 1 atom stereocenters. The fourth-order valence-corrected chi connectivity index (χ4v) is 4.23. The van der Waals surface area contributed by atoms with Crippen LogP contribution in [0.4, 0.5) is 0 Å². The summed E-state index contributed by atoms with van der Waals surface area (Å²) in [6.45, 7) is 0.0851. The van der Waals surface area contributed by atoms with Crippen LogP contribution < -0.4 is 4.72 Å². The molecule has 1 aliphatic rings. The number of rotatable bonds is 5. The molecule has 0 aromatic carbocycles. The van der Waals surface area contributed by atoms with E-state index in [-0.39, 0.29) is 17.2 Å². The van der Waals surface area contributed by atoms with Gasteiger partial charge >= 0.3 is 0 Å². The van der Waals surface area contributed by atoms with E-state index in [1.807, 2.05) is 0 Å². The Morgan fingerprint density at radius 2 is 2.47 bits per heavy atom. The molecule has 0 spiro atoms. The Balaban J connectivity index is 2.03. The van der Waals surface area contributed by atoms with Crippen molar-refractivity contribution in [1.82, 2.24) is 14.9 Å². The Labute approximate surface area is 104 Å². The number of aromatic nitrogens is 2. The van der Waals surface area contributed by atoms with E-state index >= 15 is 0 Å². The Morgan fingerprint density at radius 1 is 1.65 bits per heavy atom. The molecule has 0 aliphatic carbocycles. The standard InChI is InChI=1S/C9H15N3O3S2/c13-6-7-4-10-12-9(7)17(14,15)11-5-8-2-1-3-16-8/h4,8,11,13H,1-3,5-6H2,(H,10,12). The molecule has 1 saturated heterocycles. The molecule has 2 heterocycles. The lowest BCUT2D eigenvalue weighted by atomic mass is 10.2. The minimum atomic E-state index is -3.59. The van der Waals surface area contributed by atoms with Gasteiger partial charge in [-0.05, 0) is 18.6 Å². The summed E-state index contributed by atoms with van der Waals surface area (Å²) < 4.78 is 26.4. The van der Waals surface area contributed by atoms with E-state index in [0.29, 0.717) is 11.8 Å². The number of thioether (sulfide) groups is 1. The van der Waals surface area contributed by atoms with Crippen molar-refractivity contribution in [2.45, 2.75) is 29.7 Å². The predicted octanol–water partition coefficient (Wildman–Crippen LogP) is 0.0759. The number of aliphatic hydroxyl groups excluding tert-OH is 1. The van der Waals surface area contributed by atoms with E-state index in [1.165, 1.54) is 6.20 Å². The highest BCUT2D eigenvalue weighted by Gasteiger charge is 2.23. The van der Waals surface area contributed by atoms with Crippen LogP contribution in [0.1, 0.15) is 18.4 Å². The number of aromatic amines is 1. The Kier molecular flexibility index (Phi) is 4.08. The summed E-state index contributed by atoms with van der Waals surface area (Å²) in [6.07, 6.45) is 3.50. The van der Waals surface area contributed by atoms with Gasteiger partial charge in [-0.3, -0.25) is 5.10 Å². The van der Waals surface area contributed by atoms with Gasteiger partial charge in [0, 0.05) is 17.4 Å². The van der Waals surface area contributed by atoms with Crippen LogP contribution in [0.25, 0.3) is 0 Å². The molecular weight excluding hydrogens is 262 g/mol. The van der Waals surface area contributed by atoms with Crippen LogP contribution in [-0.2, 0) is 16.6 Å². The van der Waals surface area contributed by atoms with Crippen molar-refractivity contribution in [1.29, 1.82) is 0 Å². The molecule has 8 heteroatoms. The largest absolute Gasteiger partial charge is 0.392 e. The number of hydrogen-bond acceptors (Lipinski definition) is 5. The molecule has 17 heavy (non-hydrogen) atoms. The third-order valence-electron chi connectivity index (χ3n) is 2.64. The second kappa shape index (κ2) is 5.38. The van der Waals surface area contributed by atoms with Crippen molar-refractivity contribution >= 4 is 21.8 Å². The van der Waals surface area contributed by atoms with E-state index in [2.05, 4.69) is 14.9 Å². The molecule has 96 valence electrons. The molecule has 1 unspecified atom stereocenters. The average Bonchev–Trinajstić information content (AvgIpc) is 2.97. The number of nitrogens with one attached hydrogen (secondary N) is 2. The second-order valence-corrected chi connectivity index (χ2v) is 6.98. The quantitative estimate of drug-likeness (QED) is 0.708. The fraction of sp³-hybridized carbons (Fsp3) is 0.667. The van der Waals surface area contributed by atoms with Crippen LogP contribution in [0.2, 0.25) is 0 Å². The first kappa shape index (κ1) is 12.9. The molecule has 1 aromatic rings. The normalized spacial score (nSPS) is 20.9. The molecule has 6 nitrogen and oxygen atoms in total. The Hall–Kier alpha value is -0.570. The van der Waals surface area contributed by atoms with E-state index in [1.54, 1.807) is 11.8 Å². The molecule has 0 saturated carbocycles. The van der Waals surface area contributed by atoms with Gasteiger partial charge in [-0.15, -0.1) is 0 Å². The highest BCUT2D eigenvalue weighted by Crippen LogP contribution is 2.25. The number of nitrogens with zero attached hydrogens (tertiary/aromatic N) is 1. The van der Waals surface area contributed by atoms with Gasteiger partial charge in [0.1, 0.15) is 0 Å². The third kappa shape index (κ3) is 3.01. The Morgan fingerprint density at radius 3 is 3.12 bits per heavy atom. The van der Waals surface area contributed by atoms with E-state index in [4.69, 9.17) is 5.11 Å². The molecule has 3 N–H and O–H groups in total. The van der Waals surface area contributed by atoms with E-state index < -0.39 is 10.0 Å². The van der Waals surface area contributed by atoms with Crippen molar-refractivity contribution in [3.05, 3.63) is 11.8 Å². The lowest BCUT2D eigenvalue weighted by molar-refractivity contribution is 0.278. The van der Waals surface area contributed by atoms with Gasteiger partial charge in [0.05, 0.1) is 12.8 Å². The summed E-state index contributed by atoms with van der Waals surface area (Å²) in [5, 5.41) is 15.3. The van der Waals surface area contributed by atoms with Gasteiger partial charge in [0.15, 0.2) is 5.03 Å². The summed E-state index contributed by atoms with van der Waals surface area (Å²) in [5.41, 5.74) is 0.288. The zero-order valence-electron chi connectivity index (χ0n) is 9.22. The first-order chi connectivity index (χ1) is 8.13. The lowest BCUT2D eigenvalue weighted by Gasteiger charge is -2.10. The van der Waals surface area contributed by atoms with Gasteiger partial charge in [0.2, 0.25) is 0 Å². The number of aliphatic hydroxyl groups is 1. The summed E-state index contributed by atoms with van der Waals surface area (Å²) in [5.74, 6) is 1.10. The molecule has 2 rings (SSSR count). The molecule has 0 amide bonds. The summed E-state index contributed by atoms with van der Waals surface area (Å²) in [7, 11) is -3.59. The van der Waals surface area contributed by atoms with Gasteiger partial charge in [-0.2, -0.15) is 16.9 Å². The maximum absolute atomic E-state index is 11.9. The second-order valence-electron chi connectivity index (χ2n) is 3.87. The first-order valence-corrected chi connectivity index (χ1v) is 7.91. The van der Waals surface area contributed by atoms with Gasteiger partial charge in [-0.25, -0.2) is 13.1 Å². The van der Waals surface area contributed by atoms with Crippen molar-refractivity contribution < 1.29 is 13.5 Å². The van der Waals surface area contributed by atoms with Crippen LogP contribution in [0.15, 0.2) is 11.2 Å². The number of hydrogen-bond donors (Lipinski definition) is 3. The summed E-state index contributed by atoms with van der Waals surface area (Å²) in [4.78, 5) is 0. The zero-order valence-corrected chi connectivity index (χ0v) is 10.9. The van der Waals surface area contributed by atoms with Gasteiger partial charge < -0.3 is 5.11 Å². The molecule has 0 bridgehead atoms. The maximum atomic E-state index is 11.9. The third-order valence-corrected chi connectivity index (χ3v) is 5.48. The van der Waals surface area contributed by atoms with E-state index in [0.717, 1.165) is 18.6 Å². The van der Waals surface area contributed by atoms with Crippen LogP contribution in [0.3, 0.4) is 0 Å². The van der Waals surface area contributed by atoms with Crippen molar-refractivity contribution in [2.75, 3.05) is 12.3 Å². The molecule has 1 fully saturated rings. The molecule has 1 aromatic heterocycles. The topological polar surface area (TPSA) is 95.1 Å². The van der Waals surface area contributed by atoms with Crippen LogP contribution in [-0.4, -0.2) is 41.3 Å². The number of H-pyrrole nitrogens is 1. The average molecular weight is 277 g/mol. The van der Waals surface area contributed by atoms with Crippen molar-refractivity contribution in [2.24, 2.45) is 0 Å². The fourth-order valence-electron chi connectivity index (χ4n) is 1.72. The highest BCUT2D eigenvalue weighted by atomic mass is 32.2. The maximum Gasteiger partial charge on any atom is 0.257 e. The predicted molar refractivity (Wildman–Crippen MR) is 65.2 cm³/mol. The first-order valence-electron chi connectivity index (χ1n) is 5.38.